The van der Waals surface area contributed by atoms with Gasteiger partial charge in [-0.15, -0.1) is 0 Å². The lowest BCUT2D eigenvalue weighted by molar-refractivity contribution is -0.140. The highest BCUT2D eigenvalue weighted by molar-refractivity contribution is 7.91. The van der Waals surface area contributed by atoms with E-state index in [-0.39, 0.29) is 29.2 Å². The Hall–Kier alpha value is -1.90. The van der Waals surface area contributed by atoms with Crippen molar-refractivity contribution in [2.45, 2.75) is 37.8 Å². The Balaban J connectivity index is 1.59. The molecule has 0 aromatic carbocycles. The zero-order valence-corrected chi connectivity index (χ0v) is 15.7. The summed E-state index contributed by atoms with van der Waals surface area (Å²) in [7, 11) is -1.54. The number of rotatable bonds is 2. The molecule has 2 atom stereocenters. The zero-order chi connectivity index (χ0) is 18.5. The van der Waals surface area contributed by atoms with Crippen LogP contribution in [-0.2, 0) is 21.7 Å². The molecule has 1 aromatic heterocycles. The standard InChI is InChI=1S/C17H24N4O4S/c1-19-7-6-13(18-19)17(23)21-9-8-20(16(22)12-4-2-3-5-12)14-10-26(24,25)11-15(14)21/h6-7,12,14-15H,2-5,8-11H2,1H3/t14-,15+/m1/s1. The summed E-state index contributed by atoms with van der Waals surface area (Å²) in [6.07, 6.45) is 5.57. The molecule has 1 aromatic rings. The smallest absolute Gasteiger partial charge is 0.274 e. The molecule has 142 valence electrons. The fourth-order valence-corrected chi connectivity index (χ4v) is 6.54. The number of aromatic nitrogens is 2. The molecule has 3 fully saturated rings. The quantitative estimate of drug-likeness (QED) is 0.723. The molecule has 4 rings (SSSR count). The molecular weight excluding hydrogens is 356 g/mol. The van der Waals surface area contributed by atoms with Crippen molar-refractivity contribution >= 4 is 21.7 Å². The van der Waals surface area contributed by atoms with E-state index in [4.69, 9.17) is 0 Å². The molecule has 2 amide bonds. The van der Waals surface area contributed by atoms with Gasteiger partial charge in [-0.05, 0) is 18.9 Å². The molecule has 0 N–H and O–H groups in total. The van der Waals surface area contributed by atoms with Crippen LogP contribution in [-0.4, -0.2) is 76.5 Å². The van der Waals surface area contributed by atoms with Gasteiger partial charge >= 0.3 is 0 Å². The monoisotopic (exact) mass is 380 g/mol. The van der Waals surface area contributed by atoms with Gasteiger partial charge in [-0.1, -0.05) is 12.8 Å². The van der Waals surface area contributed by atoms with Crippen molar-refractivity contribution in [1.29, 1.82) is 0 Å². The molecule has 1 saturated carbocycles. The Morgan fingerprint density at radius 2 is 1.69 bits per heavy atom. The van der Waals surface area contributed by atoms with E-state index in [0.717, 1.165) is 25.7 Å². The average Bonchev–Trinajstić information content (AvgIpc) is 3.31. The van der Waals surface area contributed by atoms with Crippen LogP contribution in [0.4, 0.5) is 0 Å². The van der Waals surface area contributed by atoms with Crippen molar-refractivity contribution < 1.29 is 18.0 Å². The number of nitrogens with zero attached hydrogens (tertiary/aromatic N) is 4. The number of hydrogen-bond donors (Lipinski definition) is 0. The SMILES string of the molecule is Cn1ccc(C(=O)N2CCN(C(=O)C3CCCC3)[C@@H]3CS(=O)(=O)C[C@@H]32)n1. The molecule has 9 heteroatoms. The van der Waals surface area contributed by atoms with Crippen LogP contribution in [0.15, 0.2) is 12.3 Å². The van der Waals surface area contributed by atoms with E-state index in [9.17, 15) is 18.0 Å². The Bertz CT molecular complexity index is 828. The highest BCUT2D eigenvalue weighted by Gasteiger charge is 2.50. The first-order valence-corrected chi connectivity index (χ1v) is 11.0. The molecule has 0 bridgehead atoms. The molecule has 26 heavy (non-hydrogen) atoms. The van der Waals surface area contributed by atoms with Gasteiger partial charge in [0.25, 0.3) is 5.91 Å². The number of sulfone groups is 1. The lowest BCUT2D eigenvalue weighted by Crippen LogP contribution is -2.62. The minimum Gasteiger partial charge on any atom is -0.335 e. The Kier molecular flexibility index (Phi) is 4.29. The highest BCUT2D eigenvalue weighted by atomic mass is 32.2. The first-order chi connectivity index (χ1) is 12.4. The summed E-state index contributed by atoms with van der Waals surface area (Å²) in [5.74, 6) is -0.311. The van der Waals surface area contributed by atoms with Crippen LogP contribution in [0.25, 0.3) is 0 Å². The lowest BCUT2D eigenvalue weighted by Gasteiger charge is -2.44. The van der Waals surface area contributed by atoms with Crippen LogP contribution in [0.1, 0.15) is 36.2 Å². The molecule has 1 aliphatic carbocycles. The van der Waals surface area contributed by atoms with Crippen molar-refractivity contribution in [3.63, 3.8) is 0 Å². The molecule has 2 saturated heterocycles. The van der Waals surface area contributed by atoms with Gasteiger partial charge < -0.3 is 9.80 Å². The van der Waals surface area contributed by atoms with E-state index >= 15 is 0 Å². The van der Waals surface area contributed by atoms with Gasteiger partial charge in [0.05, 0.1) is 23.6 Å². The summed E-state index contributed by atoms with van der Waals surface area (Å²) >= 11 is 0. The minimum absolute atomic E-state index is 0.0111. The third kappa shape index (κ3) is 3.02. The molecular formula is C17H24N4O4S. The summed E-state index contributed by atoms with van der Waals surface area (Å²) in [4.78, 5) is 29.1. The number of fused-ring (bicyclic) bond motifs is 1. The summed E-state index contributed by atoms with van der Waals surface area (Å²) in [6, 6.07) is 0.722. The lowest BCUT2D eigenvalue weighted by atomic mass is 9.99. The largest absolute Gasteiger partial charge is 0.335 e. The second-order valence-electron chi connectivity index (χ2n) is 7.60. The zero-order valence-electron chi connectivity index (χ0n) is 14.9. The van der Waals surface area contributed by atoms with Crippen molar-refractivity contribution in [3.8, 4) is 0 Å². The molecule has 8 nitrogen and oxygen atoms in total. The predicted molar refractivity (Wildman–Crippen MR) is 94.1 cm³/mol. The van der Waals surface area contributed by atoms with E-state index in [2.05, 4.69) is 5.10 Å². The average molecular weight is 380 g/mol. The third-order valence-electron chi connectivity index (χ3n) is 5.86. The van der Waals surface area contributed by atoms with Gasteiger partial charge in [-0.3, -0.25) is 14.3 Å². The Morgan fingerprint density at radius 1 is 1.08 bits per heavy atom. The van der Waals surface area contributed by atoms with Gasteiger partial charge in [0, 0.05) is 32.3 Å². The molecule has 0 spiro atoms. The van der Waals surface area contributed by atoms with Crippen LogP contribution in [0.5, 0.6) is 0 Å². The Labute approximate surface area is 153 Å². The van der Waals surface area contributed by atoms with E-state index in [0.29, 0.717) is 18.8 Å². The maximum atomic E-state index is 12.9. The predicted octanol–water partition coefficient (Wildman–Crippen LogP) is 0.0603. The maximum Gasteiger partial charge on any atom is 0.274 e. The van der Waals surface area contributed by atoms with Crippen LogP contribution in [0, 0.1) is 5.92 Å². The minimum atomic E-state index is -3.28. The normalized spacial score (nSPS) is 28.3. The number of piperazine rings is 1. The van der Waals surface area contributed by atoms with Crippen LogP contribution >= 0.6 is 0 Å². The summed E-state index contributed by atoms with van der Waals surface area (Å²) in [5.41, 5.74) is 0.311. The number of carbonyl (C=O) groups excluding carboxylic acids is 2. The number of aryl methyl sites for hydroxylation is 1. The van der Waals surface area contributed by atoms with Gasteiger partial charge in [0.1, 0.15) is 5.69 Å². The van der Waals surface area contributed by atoms with E-state index in [1.807, 2.05) is 0 Å². The molecule has 3 heterocycles. The molecule has 2 aliphatic heterocycles. The summed E-state index contributed by atoms with van der Waals surface area (Å²) in [5, 5.41) is 4.15. The van der Waals surface area contributed by atoms with Crippen molar-refractivity contribution in [2.75, 3.05) is 24.6 Å². The number of amides is 2. The first kappa shape index (κ1) is 17.5. The van der Waals surface area contributed by atoms with Crippen molar-refractivity contribution in [3.05, 3.63) is 18.0 Å². The van der Waals surface area contributed by atoms with Gasteiger partial charge in [0.15, 0.2) is 9.84 Å². The topological polar surface area (TPSA) is 92.6 Å². The van der Waals surface area contributed by atoms with Crippen LogP contribution in [0.2, 0.25) is 0 Å². The number of carbonyl (C=O) groups is 2. The second kappa shape index (κ2) is 6.37. The van der Waals surface area contributed by atoms with E-state index in [1.54, 1.807) is 33.8 Å². The molecule has 3 aliphatic rings. The van der Waals surface area contributed by atoms with Crippen LogP contribution in [0.3, 0.4) is 0 Å². The fourth-order valence-electron chi connectivity index (χ4n) is 4.56. The van der Waals surface area contributed by atoms with E-state index < -0.39 is 21.9 Å². The first-order valence-electron chi connectivity index (χ1n) is 9.17. The highest BCUT2D eigenvalue weighted by Crippen LogP contribution is 2.32. The van der Waals surface area contributed by atoms with E-state index in [1.165, 1.54) is 0 Å². The number of hydrogen-bond acceptors (Lipinski definition) is 5. The molecule has 0 unspecified atom stereocenters. The van der Waals surface area contributed by atoms with Gasteiger partial charge in [-0.25, -0.2) is 8.42 Å². The van der Waals surface area contributed by atoms with Crippen molar-refractivity contribution in [2.24, 2.45) is 13.0 Å². The Morgan fingerprint density at radius 3 is 2.31 bits per heavy atom. The van der Waals surface area contributed by atoms with Gasteiger partial charge in [0.2, 0.25) is 5.91 Å². The second-order valence-corrected chi connectivity index (χ2v) is 9.75. The maximum absolute atomic E-state index is 12.9. The third-order valence-corrected chi connectivity index (χ3v) is 7.56. The van der Waals surface area contributed by atoms with Gasteiger partial charge in [-0.2, -0.15) is 5.10 Å². The summed E-state index contributed by atoms with van der Waals surface area (Å²) < 4.78 is 26.2. The van der Waals surface area contributed by atoms with Crippen molar-refractivity contribution in [1.82, 2.24) is 19.6 Å². The molecule has 0 radical (unpaired) electrons. The van der Waals surface area contributed by atoms with Crippen LogP contribution < -0.4 is 0 Å². The summed E-state index contributed by atoms with van der Waals surface area (Å²) in [6.45, 7) is 0.745. The fraction of sp³-hybridized carbons (Fsp3) is 0.706.